The van der Waals surface area contributed by atoms with Crippen molar-refractivity contribution in [2.75, 3.05) is 12.3 Å². The summed E-state index contributed by atoms with van der Waals surface area (Å²) < 4.78 is 6.94. The van der Waals surface area contributed by atoms with Crippen molar-refractivity contribution in [1.29, 1.82) is 0 Å². The van der Waals surface area contributed by atoms with Gasteiger partial charge < -0.3 is 10.5 Å². The first-order valence-electron chi connectivity index (χ1n) is 9.45. The number of ether oxygens (including phenoxy) is 1. The third kappa shape index (κ3) is 5.09. The molecule has 8 nitrogen and oxygen atoms in total. The number of benzene rings is 2. The van der Waals surface area contributed by atoms with Crippen LogP contribution in [0, 0.1) is 0 Å². The predicted molar refractivity (Wildman–Crippen MR) is 121 cm³/mol. The van der Waals surface area contributed by atoms with Gasteiger partial charge in [-0.15, -0.1) is 0 Å². The molecule has 0 aliphatic heterocycles. The molecular formula is C22H19Cl2N3O5. The molecule has 10 heteroatoms. The van der Waals surface area contributed by atoms with Gasteiger partial charge in [0.25, 0.3) is 5.56 Å². The van der Waals surface area contributed by atoms with E-state index in [4.69, 9.17) is 33.7 Å². The Morgan fingerprint density at radius 3 is 2.34 bits per heavy atom. The van der Waals surface area contributed by atoms with E-state index in [1.807, 2.05) is 6.07 Å². The lowest BCUT2D eigenvalue weighted by atomic mass is 10.1. The Morgan fingerprint density at radius 2 is 1.69 bits per heavy atom. The van der Waals surface area contributed by atoms with Crippen LogP contribution in [0.5, 0.6) is 0 Å². The molecule has 0 bridgehead atoms. The van der Waals surface area contributed by atoms with E-state index in [1.54, 1.807) is 30.3 Å². The average Bonchev–Trinajstić information content (AvgIpc) is 2.77. The number of aromatic nitrogens is 2. The molecule has 1 heterocycles. The van der Waals surface area contributed by atoms with E-state index in [-0.39, 0.29) is 23.8 Å². The molecule has 0 unspecified atom stereocenters. The standard InChI is InChI=1S/C22H19Cl2N3O5/c1-26-21(30)19(20(25)27(22(26)31)11-13-5-3-2-4-6-13)17(28)12-32-18(29)10-14-7-8-15(23)16(24)9-14/h2-9H,10-12,25H2,1H3. The van der Waals surface area contributed by atoms with Crippen LogP contribution in [0.2, 0.25) is 10.0 Å². The highest BCUT2D eigenvalue weighted by atomic mass is 35.5. The summed E-state index contributed by atoms with van der Waals surface area (Å²) in [5.41, 5.74) is 5.39. The van der Waals surface area contributed by atoms with Crippen molar-refractivity contribution in [1.82, 2.24) is 9.13 Å². The minimum Gasteiger partial charge on any atom is -0.457 e. The van der Waals surface area contributed by atoms with Gasteiger partial charge in [-0.05, 0) is 23.3 Å². The summed E-state index contributed by atoms with van der Waals surface area (Å²) in [7, 11) is 1.25. The van der Waals surface area contributed by atoms with Crippen LogP contribution in [0.4, 0.5) is 5.82 Å². The first kappa shape index (κ1) is 23.3. The van der Waals surface area contributed by atoms with Crippen molar-refractivity contribution in [3.63, 3.8) is 0 Å². The van der Waals surface area contributed by atoms with Gasteiger partial charge in [0.05, 0.1) is 23.0 Å². The second-order valence-corrected chi connectivity index (χ2v) is 7.80. The van der Waals surface area contributed by atoms with Gasteiger partial charge in [0.15, 0.2) is 6.61 Å². The fourth-order valence-electron chi connectivity index (χ4n) is 3.05. The summed E-state index contributed by atoms with van der Waals surface area (Å²) in [6, 6.07) is 13.6. The zero-order chi connectivity index (χ0) is 23.4. The van der Waals surface area contributed by atoms with Gasteiger partial charge >= 0.3 is 11.7 Å². The molecule has 2 N–H and O–H groups in total. The smallest absolute Gasteiger partial charge is 0.332 e. The van der Waals surface area contributed by atoms with Crippen molar-refractivity contribution in [2.45, 2.75) is 13.0 Å². The van der Waals surface area contributed by atoms with Crippen molar-refractivity contribution in [2.24, 2.45) is 7.05 Å². The number of nitrogens with zero attached hydrogens (tertiary/aromatic N) is 2. The maximum absolute atomic E-state index is 12.7. The monoisotopic (exact) mass is 475 g/mol. The van der Waals surface area contributed by atoms with Crippen LogP contribution in [0.15, 0.2) is 58.1 Å². The highest BCUT2D eigenvalue weighted by Gasteiger charge is 2.23. The summed E-state index contributed by atoms with van der Waals surface area (Å²) in [6.45, 7) is -0.639. The van der Waals surface area contributed by atoms with Crippen LogP contribution in [0.1, 0.15) is 21.5 Å². The van der Waals surface area contributed by atoms with E-state index in [9.17, 15) is 19.2 Å². The first-order valence-corrected chi connectivity index (χ1v) is 10.2. The molecule has 0 amide bonds. The number of carbonyl (C=O) groups excluding carboxylic acids is 2. The van der Waals surface area contributed by atoms with Crippen LogP contribution >= 0.6 is 23.2 Å². The number of carbonyl (C=O) groups is 2. The highest BCUT2D eigenvalue weighted by Crippen LogP contribution is 2.23. The summed E-state index contributed by atoms with van der Waals surface area (Å²) in [5.74, 6) is -1.80. The number of hydrogen-bond acceptors (Lipinski definition) is 6. The minimum absolute atomic E-state index is 0.0665. The number of nitrogens with two attached hydrogens (primary N) is 1. The SMILES string of the molecule is Cn1c(=O)c(C(=O)COC(=O)Cc2ccc(Cl)c(Cl)c2)c(N)n(Cc2ccccc2)c1=O. The molecule has 0 saturated carbocycles. The van der Waals surface area contributed by atoms with Gasteiger partial charge in [-0.1, -0.05) is 59.6 Å². The Labute approximate surface area is 192 Å². The van der Waals surface area contributed by atoms with Crippen molar-refractivity contribution in [3.8, 4) is 0 Å². The van der Waals surface area contributed by atoms with E-state index in [0.29, 0.717) is 10.6 Å². The molecule has 3 aromatic rings. The Bertz CT molecular complexity index is 1300. The molecular weight excluding hydrogens is 457 g/mol. The molecule has 0 atom stereocenters. The summed E-state index contributed by atoms with van der Waals surface area (Å²) in [5, 5.41) is 0.626. The lowest BCUT2D eigenvalue weighted by Gasteiger charge is -2.14. The van der Waals surface area contributed by atoms with Crippen molar-refractivity contribution < 1.29 is 14.3 Å². The number of Topliss-reactive ketones (excluding diaryl/α,β-unsaturated/α-hetero) is 1. The fraction of sp³-hybridized carbons (Fsp3) is 0.182. The minimum atomic E-state index is -0.859. The molecule has 0 aliphatic rings. The lowest BCUT2D eigenvalue weighted by Crippen LogP contribution is -2.43. The molecule has 3 rings (SSSR count). The second kappa shape index (κ2) is 9.84. The van der Waals surface area contributed by atoms with Gasteiger partial charge in [-0.2, -0.15) is 0 Å². The number of esters is 1. The molecule has 2 aromatic carbocycles. The summed E-state index contributed by atoms with van der Waals surface area (Å²) in [6.07, 6.45) is -0.148. The van der Waals surface area contributed by atoms with E-state index in [0.717, 1.165) is 14.7 Å². The quantitative estimate of drug-likeness (QED) is 0.414. The van der Waals surface area contributed by atoms with Gasteiger partial charge in [-0.25, -0.2) is 4.79 Å². The first-order chi connectivity index (χ1) is 15.2. The van der Waals surface area contributed by atoms with Gasteiger partial charge in [0, 0.05) is 7.05 Å². The van der Waals surface area contributed by atoms with Crippen LogP contribution < -0.4 is 17.0 Å². The summed E-state index contributed by atoms with van der Waals surface area (Å²) >= 11 is 11.8. The number of ketones is 1. The largest absolute Gasteiger partial charge is 0.457 e. The van der Waals surface area contributed by atoms with Gasteiger partial charge in [0.1, 0.15) is 11.4 Å². The number of hydrogen-bond donors (Lipinski definition) is 1. The average molecular weight is 476 g/mol. The molecule has 166 valence electrons. The van der Waals surface area contributed by atoms with E-state index < -0.39 is 35.2 Å². The second-order valence-electron chi connectivity index (χ2n) is 6.99. The molecule has 0 spiro atoms. The van der Waals surface area contributed by atoms with Gasteiger partial charge in [0.2, 0.25) is 5.78 Å². The van der Waals surface area contributed by atoms with Crippen LogP contribution in [-0.2, 0) is 29.5 Å². The maximum atomic E-state index is 12.7. The molecule has 32 heavy (non-hydrogen) atoms. The number of anilines is 1. The molecule has 0 aliphatic carbocycles. The zero-order valence-corrected chi connectivity index (χ0v) is 18.5. The Kier molecular flexibility index (Phi) is 7.17. The Balaban J connectivity index is 1.79. The van der Waals surface area contributed by atoms with Crippen molar-refractivity contribution >= 4 is 40.8 Å². The Morgan fingerprint density at radius 1 is 1.00 bits per heavy atom. The fourth-order valence-corrected chi connectivity index (χ4v) is 3.37. The van der Waals surface area contributed by atoms with Gasteiger partial charge in [-0.3, -0.25) is 23.5 Å². The third-order valence-electron chi connectivity index (χ3n) is 4.74. The van der Waals surface area contributed by atoms with Crippen LogP contribution in [0.25, 0.3) is 0 Å². The number of rotatable bonds is 7. The Hall–Kier alpha value is -3.36. The van der Waals surface area contributed by atoms with Crippen LogP contribution in [0.3, 0.4) is 0 Å². The number of nitrogen functional groups attached to an aromatic ring is 1. The molecule has 0 radical (unpaired) electrons. The number of halogens is 2. The van der Waals surface area contributed by atoms with Crippen molar-refractivity contribution in [3.05, 3.63) is 96.1 Å². The normalized spacial score (nSPS) is 10.7. The molecule has 0 fully saturated rings. The zero-order valence-electron chi connectivity index (χ0n) is 17.0. The molecule has 0 saturated heterocycles. The summed E-state index contributed by atoms with van der Waals surface area (Å²) in [4.78, 5) is 49.9. The molecule has 1 aromatic heterocycles. The topological polar surface area (TPSA) is 113 Å². The van der Waals surface area contributed by atoms with Crippen LogP contribution in [-0.4, -0.2) is 27.5 Å². The maximum Gasteiger partial charge on any atom is 0.332 e. The third-order valence-corrected chi connectivity index (χ3v) is 5.48. The lowest BCUT2D eigenvalue weighted by molar-refractivity contribution is -0.141. The van der Waals surface area contributed by atoms with E-state index >= 15 is 0 Å². The predicted octanol–water partition coefficient (Wildman–Crippen LogP) is 2.45. The van der Waals surface area contributed by atoms with E-state index in [2.05, 4.69) is 0 Å². The highest BCUT2D eigenvalue weighted by molar-refractivity contribution is 6.42. The van der Waals surface area contributed by atoms with E-state index in [1.165, 1.54) is 19.2 Å².